The Morgan fingerprint density at radius 1 is 1.04 bits per heavy atom. The van der Waals surface area contributed by atoms with Gasteiger partial charge in [0.15, 0.2) is 12.2 Å². The Morgan fingerprint density at radius 2 is 1.81 bits per heavy atom. The van der Waals surface area contributed by atoms with Gasteiger partial charge in [0, 0.05) is 28.2 Å². The second kappa shape index (κ2) is 7.73. The van der Waals surface area contributed by atoms with Crippen molar-refractivity contribution in [3.05, 3.63) is 71.9 Å². The number of hydrogen-bond acceptors (Lipinski definition) is 5. The van der Waals surface area contributed by atoms with Crippen LogP contribution in [0.1, 0.15) is 22.0 Å². The Kier molecular flexibility index (Phi) is 5.00. The Morgan fingerprint density at radius 3 is 2.59 bits per heavy atom. The lowest BCUT2D eigenvalue weighted by molar-refractivity contribution is -0.174. The second-order valence-corrected chi connectivity index (χ2v) is 6.27. The van der Waals surface area contributed by atoms with Crippen LogP contribution in [0.25, 0.3) is 10.9 Å². The van der Waals surface area contributed by atoms with Gasteiger partial charge in [-0.2, -0.15) is 0 Å². The maximum Gasteiger partial charge on any atom is 0.338 e. The molecule has 6 heteroatoms. The van der Waals surface area contributed by atoms with E-state index in [1.165, 1.54) is 0 Å². The monoisotopic (exact) mass is 365 g/mol. The average Bonchev–Trinajstić information content (AvgIpc) is 3.17. The number of para-hydroxylation sites is 1. The highest BCUT2D eigenvalue weighted by molar-refractivity contribution is 6.10. The Labute approximate surface area is 156 Å². The van der Waals surface area contributed by atoms with Crippen LogP contribution in [0, 0.1) is 0 Å². The van der Waals surface area contributed by atoms with Gasteiger partial charge in [0.1, 0.15) is 0 Å². The van der Waals surface area contributed by atoms with Gasteiger partial charge in [-0.1, -0.05) is 48.5 Å². The molecule has 1 fully saturated rings. The normalized spacial score (nSPS) is 18.1. The highest BCUT2D eigenvalue weighted by Crippen LogP contribution is 2.27. The zero-order valence-corrected chi connectivity index (χ0v) is 14.6. The first-order chi connectivity index (χ1) is 13.2. The quantitative estimate of drug-likeness (QED) is 0.555. The Bertz CT molecular complexity index is 943. The fraction of sp³-hybridized carbons (Fsp3) is 0.238. The standard InChI is InChI=1S/C21H19NO5/c23-19(16-12-22-17-9-5-4-8-15(16)17)20(14-6-2-1-3-7-14)27-21(24)18-13-25-10-11-26-18/h1-9,12,18,20,22H,10-11,13H2. The molecule has 6 nitrogen and oxygen atoms in total. The molecule has 2 heterocycles. The summed E-state index contributed by atoms with van der Waals surface area (Å²) in [4.78, 5) is 28.9. The van der Waals surface area contributed by atoms with Crippen LogP contribution in [0.15, 0.2) is 60.8 Å². The fourth-order valence-electron chi connectivity index (χ4n) is 3.13. The smallest absolute Gasteiger partial charge is 0.338 e. The van der Waals surface area contributed by atoms with Crippen LogP contribution in [-0.4, -0.2) is 42.7 Å². The van der Waals surface area contributed by atoms with Crippen LogP contribution >= 0.6 is 0 Å². The van der Waals surface area contributed by atoms with Gasteiger partial charge in [-0.05, 0) is 6.07 Å². The molecule has 0 amide bonds. The van der Waals surface area contributed by atoms with E-state index in [0.717, 1.165) is 10.9 Å². The highest BCUT2D eigenvalue weighted by atomic mass is 16.6. The second-order valence-electron chi connectivity index (χ2n) is 6.27. The van der Waals surface area contributed by atoms with Crippen LogP contribution in [0.3, 0.4) is 0 Å². The molecule has 0 radical (unpaired) electrons. The molecule has 27 heavy (non-hydrogen) atoms. The van der Waals surface area contributed by atoms with Gasteiger partial charge < -0.3 is 19.2 Å². The Hall–Kier alpha value is -2.96. The minimum absolute atomic E-state index is 0.127. The number of esters is 1. The number of ketones is 1. The lowest BCUT2D eigenvalue weighted by atomic mass is 9.99. The number of hydrogen-bond donors (Lipinski definition) is 1. The summed E-state index contributed by atoms with van der Waals surface area (Å²) in [5.74, 6) is -0.888. The van der Waals surface area contributed by atoms with Crippen LogP contribution < -0.4 is 0 Å². The molecular formula is C21H19NO5. The number of aromatic nitrogens is 1. The molecule has 0 aliphatic carbocycles. The number of ether oxygens (including phenoxy) is 3. The molecule has 1 N–H and O–H groups in total. The van der Waals surface area contributed by atoms with E-state index < -0.39 is 18.2 Å². The molecule has 138 valence electrons. The summed E-state index contributed by atoms with van der Waals surface area (Å²) in [6.07, 6.45) is -0.221. The predicted molar refractivity (Wildman–Crippen MR) is 98.5 cm³/mol. The molecule has 0 bridgehead atoms. The average molecular weight is 365 g/mol. The van der Waals surface area contributed by atoms with E-state index in [0.29, 0.717) is 24.3 Å². The SMILES string of the molecule is O=C(OC(C(=O)c1c[nH]c2ccccc12)c1ccccc1)C1COCCO1. The van der Waals surface area contributed by atoms with Crippen molar-refractivity contribution in [1.29, 1.82) is 0 Å². The fourth-order valence-corrected chi connectivity index (χ4v) is 3.13. The molecule has 1 aliphatic rings. The van der Waals surface area contributed by atoms with Crippen molar-refractivity contribution in [3.8, 4) is 0 Å². The summed E-state index contributed by atoms with van der Waals surface area (Å²) in [7, 11) is 0. The lowest BCUT2D eigenvalue weighted by Crippen LogP contribution is -2.38. The molecule has 4 rings (SSSR count). The first-order valence-corrected chi connectivity index (χ1v) is 8.79. The molecule has 2 atom stereocenters. The summed E-state index contributed by atoms with van der Waals surface area (Å²) >= 11 is 0. The van der Waals surface area contributed by atoms with Crippen molar-refractivity contribution in [3.63, 3.8) is 0 Å². The molecular weight excluding hydrogens is 346 g/mol. The van der Waals surface area contributed by atoms with Gasteiger partial charge in [0.2, 0.25) is 5.78 Å². The molecule has 2 aromatic carbocycles. The number of benzene rings is 2. The van der Waals surface area contributed by atoms with Crippen molar-refractivity contribution in [2.45, 2.75) is 12.2 Å². The van der Waals surface area contributed by atoms with Crippen molar-refractivity contribution >= 4 is 22.7 Å². The maximum atomic E-state index is 13.3. The summed E-state index contributed by atoms with van der Waals surface area (Å²) in [6.45, 7) is 0.897. The summed E-state index contributed by atoms with van der Waals surface area (Å²) in [5, 5.41) is 0.789. The van der Waals surface area contributed by atoms with Crippen molar-refractivity contribution in [2.75, 3.05) is 19.8 Å². The molecule has 3 aromatic rings. The van der Waals surface area contributed by atoms with Crippen molar-refractivity contribution < 1.29 is 23.8 Å². The highest BCUT2D eigenvalue weighted by Gasteiger charge is 2.32. The number of nitrogens with one attached hydrogen (secondary N) is 1. The van der Waals surface area contributed by atoms with E-state index in [1.807, 2.05) is 30.3 Å². The third-order valence-electron chi connectivity index (χ3n) is 4.51. The third-order valence-corrected chi connectivity index (χ3v) is 4.51. The predicted octanol–water partition coefficient (Wildman–Crippen LogP) is 3.05. The van der Waals surface area contributed by atoms with Gasteiger partial charge in [0.05, 0.1) is 19.8 Å². The molecule has 0 saturated carbocycles. The van der Waals surface area contributed by atoms with E-state index in [-0.39, 0.29) is 12.4 Å². The molecule has 2 unspecified atom stereocenters. The minimum Gasteiger partial charge on any atom is -0.447 e. The summed E-state index contributed by atoms with van der Waals surface area (Å²) in [5.41, 5.74) is 1.94. The van der Waals surface area contributed by atoms with Gasteiger partial charge in [-0.25, -0.2) is 4.79 Å². The van der Waals surface area contributed by atoms with Gasteiger partial charge >= 0.3 is 5.97 Å². The van der Waals surface area contributed by atoms with E-state index >= 15 is 0 Å². The summed E-state index contributed by atoms with van der Waals surface area (Å²) in [6, 6.07) is 16.5. The minimum atomic E-state index is -1.05. The number of carbonyl (C=O) groups is 2. The summed E-state index contributed by atoms with van der Waals surface area (Å²) < 4.78 is 16.3. The Balaban J connectivity index is 1.65. The molecule has 1 aliphatic heterocycles. The van der Waals surface area contributed by atoms with Crippen molar-refractivity contribution in [1.82, 2.24) is 4.98 Å². The van der Waals surface area contributed by atoms with Gasteiger partial charge in [-0.3, -0.25) is 4.79 Å². The number of H-pyrrole nitrogens is 1. The van der Waals surface area contributed by atoms with Crippen LogP contribution in [0.4, 0.5) is 0 Å². The van der Waals surface area contributed by atoms with Crippen molar-refractivity contribution in [2.24, 2.45) is 0 Å². The van der Waals surface area contributed by atoms with Crippen LogP contribution in [0.5, 0.6) is 0 Å². The molecule has 1 aromatic heterocycles. The lowest BCUT2D eigenvalue weighted by Gasteiger charge is -2.24. The van der Waals surface area contributed by atoms with Gasteiger partial charge in [-0.15, -0.1) is 0 Å². The van der Waals surface area contributed by atoms with Gasteiger partial charge in [0.25, 0.3) is 0 Å². The molecule has 1 saturated heterocycles. The number of Topliss-reactive ketones (excluding diaryl/α,β-unsaturated/α-hetero) is 1. The third kappa shape index (κ3) is 3.63. The number of carbonyl (C=O) groups excluding carboxylic acids is 2. The number of rotatable bonds is 5. The number of fused-ring (bicyclic) bond motifs is 1. The van der Waals surface area contributed by atoms with Crippen LogP contribution in [-0.2, 0) is 19.0 Å². The zero-order valence-electron chi connectivity index (χ0n) is 14.6. The maximum absolute atomic E-state index is 13.3. The van der Waals surface area contributed by atoms with E-state index in [2.05, 4.69) is 4.98 Å². The topological polar surface area (TPSA) is 77.6 Å². The van der Waals surface area contributed by atoms with E-state index in [9.17, 15) is 9.59 Å². The van der Waals surface area contributed by atoms with E-state index in [4.69, 9.17) is 14.2 Å². The zero-order chi connectivity index (χ0) is 18.6. The largest absolute Gasteiger partial charge is 0.447 e. The first-order valence-electron chi connectivity index (χ1n) is 8.79. The first kappa shape index (κ1) is 17.5. The molecule has 0 spiro atoms. The van der Waals surface area contributed by atoms with Crippen LogP contribution in [0.2, 0.25) is 0 Å². The number of aromatic amines is 1. The van der Waals surface area contributed by atoms with E-state index in [1.54, 1.807) is 30.5 Å².